The fourth-order valence-electron chi connectivity index (χ4n) is 15.3. The zero-order valence-electron chi connectivity index (χ0n) is 66.4. The summed E-state index contributed by atoms with van der Waals surface area (Å²) in [6, 6.07) is 93.0. The van der Waals surface area contributed by atoms with Gasteiger partial charge >= 0.3 is 0 Å². The molecular formula is C102H117N. The van der Waals surface area contributed by atoms with Crippen LogP contribution < -0.4 is 4.90 Å². The third kappa shape index (κ3) is 15.8. The van der Waals surface area contributed by atoms with Gasteiger partial charge in [0.25, 0.3) is 0 Å². The van der Waals surface area contributed by atoms with E-state index in [0.717, 1.165) is 0 Å². The van der Waals surface area contributed by atoms with Crippen LogP contribution in [0.2, 0.25) is 0 Å². The van der Waals surface area contributed by atoms with Crippen molar-refractivity contribution in [3.8, 4) is 22.3 Å². The van der Waals surface area contributed by atoms with Crippen molar-refractivity contribution in [3.63, 3.8) is 0 Å². The van der Waals surface area contributed by atoms with Crippen LogP contribution in [0.5, 0.6) is 0 Å². The van der Waals surface area contributed by atoms with E-state index in [1.807, 2.05) is 0 Å². The van der Waals surface area contributed by atoms with Gasteiger partial charge in [0.05, 0.1) is 5.41 Å². The molecule has 0 amide bonds. The lowest BCUT2D eigenvalue weighted by Gasteiger charge is -2.32. The molecule has 1 heteroatoms. The van der Waals surface area contributed by atoms with Crippen LogP contribution in [-0.2, 0) is 5.41 Å². The van der Waals surface area contributed by atoms with E-state index in [9.17, 15) is 0 Å². The highest BCUT2D eigenvalue weighted by molar-refractivity contribution is 6.05. The van der Waals surface area contributed by atoms with Crippen LogP contribution in [0.3, 0.4) is 0 Å². The minimum atomic E-state index is -0.277. The Bertz CT molecular complexity index is 4120. The Balaban J connectivity index is 0.000000157. The fraction of sp³-hybridized carbons (Fsp3) is 0.333. The van der Waals surface area contributed by atoms with Crippen molar-refractivity contribution in [2.45, 2.75) is 223 Å². The van der Waals surface area contributed by atoms with Gasteiger partial charge in [-0.15, -0.1) is 0 Å². The van der Waals surface area contributed by atoms with Crippen LogP contribution in [0, 0.1) is 0 Å². The van der Waals surface area contributed by atoms with Gasteiger partial charge in [0.1, 0.15) is 0 Å². The molecule has 2 aliphatic carbocycles. The summed E-state index contributed by atoms with van der Waals surface area (Å²) in [5, 5.41) is 0. The van der Waals surface area contributed by atoms with Crippen LogP contribution in [0.25, 0.3) is 33.4 Å². The second kappa shape index (κ2) is 31.9. The van der Waals surface area contributed by atoms with Gasteiger partial charge in [-0.05, 0) is 241 Å². The second-order valence-corrected chi connectivity index (χ2v) is 33.0. The molecule has 0 aromatic heterocycles. The van der Waals surface area contributed by atoms with Crippen molar-refractivity contribution in [1.82, 2.24) is 0 Å². The molecule has 0 N–H and O–H groups in total. The van der Waals surface area contributed by atoms with E-state index in [4.69, 9.17) is 0 Å². The maximum absolute atomic E-state index is 2.54. The lowest BCUT2D eigenvalue weighted by atomic mass is 9.69. The van der Waals surface area contributed by atoms with E-state index in [-0.39, 0.29) is 5.41 Å². The maximum Gasteiger partial charge on any atom is 0.0725 e. The predicted molar refractivity (Wildman–Crippen MR) is 450 cm³/mol. The van der Waals surface area contributed by atoms with Crippen molar-refractivity contribution in [2.75, 3.05) is 4.90 Å². The molecule has 0 aliphatic heterocycles. The summed E-state index contributed by atoms with van der Waals surface area (Å²) in [6.07, 6.45) is 0. The van der Waals surface area contributed by atoms with Crippen LogP contribution >= 0.6 is 0 Å². The van der Waals surface area contributed by atoms with Crippen molar-refractivity contribution in [2.24, 2.45) is 0 Å². The van der Waals surface area contributed by atoms with E-state index in [1.54, 1.807) is 0 Å². The largest absolute Gasteiger partial charge is 0.311 e. The Kier molecular flexibility index (Phi) is 23.3. The summed E-state index contributed by atoms with van der Waals surface area (Å²) in [5.41, 5.74) is 37.6. The first-order chi connectivity index (χ1) is 49.2. The standard InChI is InChI=1S/C38H44.C37H40.C27H33N/c1-25(2)29-9-17-33(18-10-29)37(34-19-11-30(12-20-34)26(3)4)38(35-21-13-31(14-22-35)27(5)6)36-23-15-32(16-24-36)28(7)8;1-21(2)25-9-13-29-30-14-10-26(22(3)4)18-34(30)37(33(29)17-25)35-19-27(23(5)6)11-15-31(35)32-16-12-28(24(7)8)20-36(32)37;1-19(2)22-7-13-25(14-8-22)28(26-15-9-23(10-16-26)20(3)4)27-17-11-24(12-18-27)21(5)6/h9-28H,1-8H3;9-24H,1-8H3;7-21H,1-6H3. The molecule has 0 atom stereocenters. The third-order valence-corrected chi connectivity index (χ3v) is 22.2. The lowest BCUT2D eigenvalue weighted by molar-refractivity contribution is 0.765. The van der Waals surface area contributed by atoms with Gasteiger partial charge in [0.2, 0.25) is 0 Å². The monoisotopic (exact) mass is 1360 g/mol. The fourth-order valence-corrected chi connectivity index (χ4v) is 15.3. The Morgan fingerprint density at radius 3 is 0.485 bits per heavy atom. The molecule has 0 heterocycles. The van der Waals surface area contributed by atoms with Crippen LogP contribution in [-0.4, -0.2) is 0 Å². The first-order valence-corrected chi connectivity index (χ1v) is 39.0. The molecular weight excluding hydrogens is 1240 g/mol. The smallest absolute Gasteiger partial charge is 0.0725 e. The van der Waals surface area contributed by atoms with Crippen LogP contribution in [0.1, 0.15) is 323 Å². The van der Waals surface area contributed by atoms with E-state index in [2.05, 4.69) is 400 Å². The average Bonchev–Trinajstić information content (AvgIpc) is 1.51. The molecule has 13 rings (SSSR count). The normalized spacial score (nSPS) is 12.6. The number of rotatable bonds is 18. The van der Waals surface area contributed by atoms with Gasteiger partial charge in [-0.25, -0.2) is 0 Å². The summed E-state index contributed by atoms with van der Waals surface area (Å²) < 4.78 is 0. The van der Waals surface area contributed by atoms with Crippen molar-refractivity contribution in [3.05, 3.63) is 348 Å². The molecule has 11 aromatic carbocycles. The number of nitrogens with zero attached hydrogens (tertiary/aromatic N) is 1. The Morgan fingerprint density at radius 1 is 0.184 bits per heavy atom. The molecule has 2 aliphatic rings. The molecule has 0 unspecified atom stereocenters. The lowest BCUT2D eigenvalue weighted by Crippen LogP contribution is -2.27. The first-order valence-electron chi connectivity index (χ1n) is 39.0. The number of hydrogen-bond donors (Lipinski definition) is 0. The maximum atomic E-state index is 2.54. The highest BCUT2D eigenvalue weighted by Crippen LogP contribution is 2.64. The third-order valence-electron chi connectivity index (χ3n) is 22.2. The number of anilines is 3. The molecule has 11 aromatic rings. The quantitative estimate of drug-likeness (QED) is 0.0774. The average molecular weight is 1360 g/mol. The van der Waals surface area contributed by atoms with E-state index >= 15 is 0 Å². The SMILES string of the molecule is CC(C)c1ccc(C(=C(c2ccc(C(C)C)cc2)c2ccc(C(C)C)cc2)c2ccc(C(C)C)cc2)cc1.CC(C)c1ccc(N(c2ccc(C(C)C)cc2)c2ccc(C(C)C)cc2)cc1.CC(C)c1ccc2c(c1)C1(c3cc(C(C)C)ccc3-2)c2cc(C(C)C)ccc2-c2ccc(C(C)C)cc21. The van der Waals surface area contributed by atoms with E-state index < -0.39 is 0 Å². The van der Waals surface area contributed by atoms with Crippen molar-refractivity contribution < 1.29 is 0 Å². The predicted octanol–water partition coefficient (Wildman–Crippen LogP) is 30.2. The minimum absolute atomic E-state index is 0.277. The Hall–Kier alpha value is -9.04. The molecule has 0 bridgehead atoms. The molecule has 0 saturated carbocycles. The molecule has 530 valence electrons. The second-order valence-electron chi connectivity index (χ2n) is 33.0. The molecule has 1 spiro atoms. The molecule has 0 fully saturated rings. The summed E-state index contributed by atoms with van der Waals surface area (Å²) in [4.78, 5) is 2.35. The molecule has 1 nitrogen and oxygen atoms in total. The van der Waals surface area contributed by atoms with Gasteiger partial charge in [0.15, 0.2) is 0 Å². The Labute approximate surface area is 622 Å². The highest BCUT2D eigenvalue weighted by atomic mass is 15.1. The van der Waals surface area contributed by atoms with Crippen molar-refractivity contribution >= 4 is 28.2 Å². The molecule has 103 heavy (non-hydrogen) atoms. The van der Waals surface area contributed by atoms with Gasteiger partial charge in [0, 0.05) is 17.1 Å². The van der Waals surface area contributed by atoms with Gasteiger partial charge in [-0.1, -0.05) is 359 Å². The molecule has 0 saturated heterocycles. The topological polar surface area (TPSA) is 3.24 Å². The van der Waals surface area contributed by atoms with Crippen LogP contribution in [0.4, 0.5) is 17.1 Å². The van der Waals surface area contributed by atoms with Gasteiger partial charge < -0.3 is 4.90 Å². The van der Waals surface area contributed by atoms with E-state index in [0.29, 0.717) is 65.1 Å². The summed E-state index contributed by atoms with van der Waals surface area (Å²) in [6.45, 7) is 50.0. The van der Waals surface area contributed by atoms with Gasteiger partial charge in [-0.3, -0.25) is 0 Å². The summed E-state index contributed by atoms with van der Waals surface area (Å²) in [7, 11) is 0. The Morgan fingerprint density at radius 2 is 0.330 bits per heavy atom. The van der Waals surface area contributed by atoms with Crippen molar-refractivity contribution in [1.29, 1.82) is 0 Å². The number of hydrogen-bond acceptors (Lipinski definition) is 1. The zero-order valence-corrected chi connectivity index (χ0v) is 66.4. The minimum Gasteiger partial charge on any atom is -0.311 e. The first kappa shape index (κ1) is 75.1. The van der Waals surface area contributed by atoms with Gasteiger partial charge in [-0.2, -0.15) is 0 Å². The van der Waals surface area contributed by atoms with E-state index in [1.165, 1.54) is 156 Å². The highest BCUT2D eigenvalue weighted by Gasteiger charge is 2.52. The molecule has 0 radical (unpaired) electrons. The zero-order chi connectivity index (χ0) is 73.9. The number of benzene rings is 11. The summed E-state index contributed by atoms with van der Waals surface area (Å²) in [5.74, 6) is 5.60. The van der Waals surface area contributed by atoms with Crippen LogP contribution in [0.15, 0.2) is 243 Å². The number of fused-ring (bicyclic) bond motifs is 10. The summed E-state index contributed by atoms with van der Waals surface area (Å²) >= 11 is 0.